The van der Waals surface area contributed by atoms with Crippen LogP contribution in [0.15, 0.2) is 78.5 Å². The number of fused-ring (bicyclic) bond motifs is 1. The van der Waals surface area contributed by atoms with Crippen LogP contribution in [0.25, 0.3) is 17.4 Å². The number of nitrogens with zero attached hydrogens (tertiary/aromatic N) is 2. The molecule has 4 aromatic rings. The van der Waals surface area contributed by atoms with Gasteiger partial charge in [-0.2, -0.15) is 0 Å². The number of ether oxygens (including phenoxy) is 3. The maximum Gasteiger partial charge on any atom is 0.338 e. The third-order valence-corrected chi connectivity index (χ3v) is 8.31. The lowest BCUT2D eigenvalue weighted by Crippen LogP contribution is -2.40. The molecule has 2 aromatic carbocycles. The van der Waals surface area contributed by atoms with E-state index >= 15 is 0 Å². The molecule has 0 fully saturated rings. The molecule has 0 saturated heterocycles. The number of aromatic carboxylic acids is 1. The van der Waals surface area contributed by atoms with E-state index in [9.17, 15) is 19.5 Å². The average molecular weight is 654 g/mol. The predicted molar refractivity (Wildman–Crippen MR) is 159 cm³/mol. The highest BCUT2D eigenvalue weighted by molar-refractivity contribution is 9.10. The Morgan fingerprint density at radius 2 is 1.86 bits per heavy atom. The van der Waals surface area contributed by atoms with Gasteiger partial charge in [-0.25, -0.2) is 14.6 Å². The second-order valence-electron chi connectivity index (χ2n) is 9.08. The highest BCUT2D eigenvalue weighted by Crippen LogP contribution is 2.40. The second kappa shape index (κ2) is 11.8. The number of thiazole rings is 1. The van der Waals surface area contributed by atoms with Crippen LogP contribution in [0, 0.1) is 0 Å². The van der Waals surface area contributed by atoms with Crippen molar-refractivity contribution in [3.63, 3.8) is 0 Å². The Balaban J connectivity index is 1.69. The predicted octanol–water partition coefficient (Wildman–Crippen LogP) is 4.54. The van der Waals surface area contributed by atoms with Crippen LogP contribution in [-0.4, -0.2) is 42.4 Å². The molecule has 0 radical (unpaired) electrons. The zero-order valence-electron chi connectivity index (χ0n) is 23.0. The van der Waals surface area contributed by atoms with Gasteiger partial charge in [0.05, 0.1) is 48.2 Å². The highest BCUT2D eigenvalue weighted by Gasteiger charge is 2.35. The summed E-state index contributed by atoms with van der Waals surface area (Å²) in [4.78, 5) is 43.8. The molecule has 12 heteroatoms. The van der Waals surface area contributed by atoms with Gasteiger partial charge >= 0.3 is 11.9 Å². The van der Waals surface area contributed by atoms with Crippen LogP contribution in [0.4, 0.5) is 0 Å². The minimum atomic E-state index is -1.08. The maximum absolute atomic E-state index is 14.0. The van der Waals surface area contributed by atoms with Crippen molar-refractivity contribution in [3.8, 4) is 22.8 Å². The van der Waals surface area contributed by atoms with Gasteiger partial charge in [0.15, 0.2) is 16.3 Å². The standard InChI is InChI=1S/C30H25BrN2O8S/c1-5-40-29(37)25-15(2)32-30-33(26(25)19-13-22(38-3)23(39-4)14-20(19)31)27(34)24(42-30)12-16-10-11-21(41-16)17-8-6-7-9-18(17)28(35)36/h6-14,26H,5H2,1-4H3,(H,35,36)/b24-12-/t26-/m1/s1. The van der Waals surface area contributed by atoms with Crippen LogP contribution in [0.5, 0.6) is 11.5 Å². The zero-order chi connectivity index (χ0) is 30.1. The van der Waals surface area contributed by atoms with Crippen LogP contribution < -0.4 is 24.4 Å². The number of aromatic nitrogens is 1. The van der Waals surface area contributed by atoms with Crippen LogP contribution in [-0.2, 0) is 9.53 Å². The van der Waals surface area contributed by atoms with E-state index in [1.54, 1.807) is 62.4 Å². The van der Waals surface area contributed by atoms with Crippen LogP contribution in [0.3, 0.4) is 0 Å². The SMILES string of the molecule is CCOC(=O)C1=C(C)N=c2s/c(=C\c3ccc(-c4ccccc4C(=O)O)o3)c(=O)n2[C@@H]1c1cc(OC)c(OC)cc1Br. The molecule has 0 amide bonds. The molecule has 3 heterocycles. The van der Waals surface area contributed by atoms with E-state index < -0.39 is 23.5 Å². The Hall–Kier alpha value is -4.42. The van der Waals surface area contributed by atoms with Crippen LogP contribution in [0.1, 0.15) is 41.6 Å². The van der Waals surface area contributed by atoms with Gasteiger partial charge in [0, 0.05) is 16.1 Å². The van der Waals surface area contributed by atoms with Gasteiger partial charge < -0.3 is 23.7 Å². The number of esters is 1. The molecular weight excluding hydrogens is 628 g/mol. The van der Waals surface area contributed by atoms with Gasteiger partial charge in [-0.1, -0.05) is 45.5 Å². The topological polar surface area (TPSA) is 130 Å². The van der Waals surface area contributed by atoms with Gasteiger partial charge in [-0.05, 0) is 49.7 Å². The van der Waals surface area contributed by atoms with Gasteiger partial charge in [0.1, 0.15) is 11.5 Å². The molecule has 2 aromatic heterocycles. The second-order valence-corrected chi connectivity index (χ2v) is 10.9. The van der Waals surface area contributed by atoms with E-state index in [0.717, 1.165) is 11.3 Å². The third-order valence-electron chi connectivity index (χ3n) is 6.64. The fraction of sp³-hybridized carbons (Fsp3) is 0.200. The quantitative estimate of drug-likeness (QED) is 0.275. The van der Waals surface area contributed by atoms with Crippen molar-refractivity contribution >= 4 is 45.3 Å². The van der Waals surface area contributed by atoms with E-state index in [-0.39, 0.29) is 17.7 Å². The van der Waals surface area contributed by atoms with Crippen molar-refractivity contribution in [2.24, 2.45) is 4.99 Å². The molecule has 1 N–H and O–H groups in total. The summed E-state index contributed by atoms with van der Waals surface area (Å²) in [6, 6.07) is 12.3. The molecule has 0 bridgehead atoms. The first kappa shape index (κ1) is 29.1. The van der Waals surface area contributed by atoms with Gasteiger partial charge in [0.2, 0.25) is 0 Å². The fourth-order valence-corrected chi connectivity index (χ4v) is 6.32. The number of allylic oxidation sites excluding steroid dienone is 1. The Morgan fingerprint density at radius 3 is 2.55 bits per heavy atom. The summed E-state index contributed by atoms with van der Waals surface area (Å²) in [5.41, 5.74) is 1.32. The smallest absolute Gasteiger partial charge is 0.338 e. The van der Waals surface area contributed by atoms with Crippen LogP contribution >= 0.6 is 27.3 Å². The molecule has 1 aliphatic heterocycles. The Labute approximate surface area is 251 Å². The molecule has 0 spiro atoms. The Kier molecular flexibility index (Phi) is 8.19. The number of carboxylic acid groups (broad SMARTS) is 1. The summed E-state index contributed by atoms with van der Waals surface area (Å²) in [6.45, 7) is 3.55. The van der Waals surface area contributed by atoms with E-state index in [4.69, 9.17) is 18.6 Å². The molecular formula is C30H25BrN2O8S. The van der Waals surface area contributed by atoms with Crippen molar-refractivity contribution in [2.45, 2.75) is 19.9 Å². The lowest BCUT2D eigenvalue weighted by atomic mass is 9.95. The minimum Gasteiger partial charge on any atom is -0.493 e. The number of benzene rings is 2. The first-order valence-electron chi connectivity index (χ1n) is 12.7. The summed E-state index contributed by atoms with van der Waals surface area (Å²) in [7, 11) is 3.02. The number of furan rings is 1. The number of carbonyl (C=O) groups excluding carboxylic acids is 1. The monoisotopic (exact) mass is 652 g/mol. The summed E-state index contributed by atoms with van der Waals surface area (Å²) < 4.78 is 24.6. The molecule has 1 atom stereocenters. The largest absolute Gasteiger partial charge is 0.493 e. The molecule has 216 valence electrons. The van der Waals surface area contributed by atoms with Gasteiger partial charge in [-0.15, -0.1) is 0 Å². The molecule has 0 aliphatic carbocycles. The number of carbonyl (C=O) groups is 2. The minimum absolute atomic E-state index is 0.0974. The normalized spacial score (nSPS) is 14.8. The zero-order valence-corrected chi connectivity index (χ0v) is 25.4. The molecule has 1 aliphatic rings. The van der Waals surface area contributed by atoms with Crippen molar-refractivity contribution in [2.75, 3.05) is 20.8 Å². The number of halogens is 1. The number of hydrogen-bond acceptors (Lipinski definition) is 9. The van der Waals surface area contributed by atoms with E-state index in [1.165, 1.54) is 24.9 Å². The van der Waals surface area contributed by atoms with Crippen molar-refractivity contribution < 1.29 is 33.3 Å². The number of carboxylic acids is 1. The molecule has 5 rings (SSSR count). The summed E-state index contributed by atoms with van der Waals surface area (Å²) >= 11 is 4.72. The molecule has 0 saturated carbocycles. The maximum atomic E-state index is 14.0. The summed E-state index contributed by atoms with van der Waals surface area (Å²) in [6.07, 6.45) is 1.57. The first-order valence-corrected chi connectivity index (χ1v) is 14.3. The van der Waals surface area contributed by atoms with E-state index in [1.807, 2.05) is 0 Å². The summed E-state index contributed by atoms with van der Waals surface area (Å²) in [5, 5.41) is 9.56. The van der Waals surface area contributed by atoms with E-state index in [2.05, 4.69) is 20.9 Å². The molecule has 10 nitrogen and oxygen atoms in total. The van der Waals surface area contributed by atoms with Crippen molar-refractivity contribution in [1.82, 2.24) is 4.57 Å². The third kappa shape index (κ3) is 5.19. The average Bonchev–Trinajstić information content (AvgIpc) is 3.56. The fourth-order valence-electron chi connectivity index (χ4n) is 4.75. The lowest BCUT2D eigenvalue weighted by Gasteiger charge is -2.26. The molecule has 42 heavy (non-hydrogen) atoms. The Morgan fingerprint density at radius 1 is 1.14 bits per heavy atom. The van der Waals surface area contributed by atoms with Crippen molar-refractivity contribution in [1.29, 1.82) is 0 Å². The summed E-state index contributed by atoms with van der Waals surface area (Å²) in [5.74, 6) is -0.0869. The van der Waals surface area contributed by atoms with Gasteiger partial charge in [0.25, 0.3) is 5.56 Å². The highest BCUT2D eigenvalue weighted by atomic mass is 79.9. The van der Waals surface area contributed by atoms with Crippen molar-refractivity contribution in [3.05, 3.63) is 101 Å². The number of rotatable bonds is 8. The molecule has 0 unspecified atom stereocenters. The first-order chi connectivity index (χ1) is 20.2. The van der Waals surface area contributed by atoms with E-state index in [0.29, 0.717) is 53.6 Å². The number of methoxy groups -OCH3 is 2. The lowest BCUT2D eigenvalue weighted by molar-refractivity contribution is -0.139. The van der Waals surface area contributed by atoms with Crippen LogP contribution in [0.2, 0.25) is 0 Å². The van der Waals surface area contributed by atoms with Gasteiger partial charge in [-0.3, -0.25) is 9.36 Å². The number of hydrogen-bond donors (Lipinski definition) is 1. The Bertz CT molecular complexity index is 1930.